The normalized spacial score (nSPS) is 14.3. The Morgan fingerprint density at radius 3 is 2.81 bits per heavy atom. The van der Waals surface area contributed by atoms with Crippen molar-refractivity contribution in [2.24, 2.45) is 0 Å². The van der Waals surface area contributed by atoms with Crippen molar-refractivity contribution in [2.75, 3.05) is 11.4 Å². The smallest absolute Gasteiger partial charge is 0.151 e. The zero-order chi connectivity index (χ0) is 14.5. The highest BCUT2D eigenvalue weighted by atomic mass is 32.1. The average Bonchev–Trinajstić information content (AvgIpc) is 3.23. The van der Waals surface area contributed by atoms with Crippen molar-refractivity contribution in [3.05, 3.63) is 40.2 Å². The molecule has 0 atom stereocenters. The summed E-state index contributed by atoms with van der Waals surface area (Å²) in [5.41, 5.74) is 2.38. The van der Waals surface area contributed by atoms with Crippen LogP contribution in [0.3, 0.4) is 0 Å². The number of anilines is 1. The minimum Gasteiger partial charge on any atom is -0.348 e. The molecule has 4 nitrogen and oxygen atoms in total. The van der Waals surface area contributed by atoms with Gasteiger partial charge < -0.3 is 10.2 Å². The lowest BCUT2D eigenvalue weighted by Crippen LogP contribution is -2.26. The molecule has 0 radical (unpaired) electrons. The number of aromatic nitrogens is 2. The molecule has 0 aromatic carbocycles. The van der Waals surface area contributed by atoms with Crippen LogP contribution in [-0.2, 0) is 13.1 Å². The fourth-order valence-corrected chi connectivity index (χ4v) is 3.02. The van der Waals surface area contributed by atoms with Crippen LogP contribution in [0.5, 0.6) is 0 Å². The van der Waals surface area contributed by atoms with E-state index in [9.17, 15) is 0 Å². The first-order valence-electron chi connectivity index (χ1n) is 7.68. The van der Waals surface area contributed by atoms with Crippen LogP contribution in [0.4, 0.5) is 5.82 Å². The molecule has 21 heavy (non-hydrogen) atoms. The van der Waals surface area contributed by atoms with Crippen molar-refractivity contribution < 1.29 is 0 Å². The van der Waals surface area contributed by atoms with E-state index in [1.165, 1.54) is 18.4 Å². The predicted octanol–water partition coefficient (Wildman–Crippen LogP) is 3.21. The van der Waals surface area contributed by atoms with E-state index < -0.39 is 0 Å². The molecule has 0 bridgehead atoms. The number of hydrogen-bond acceptors (Lipinski definition) is 5. The Kier molecular flexibility index (Phi) is 4.83. The van der Waals surface area contributed by atoms with Gasteiger partial charge in [0.2, 0.25) is 0 Å². The monoisotopic (exact) mass is 302 g/mol. The summed E-state index contributed by atoms with van der Waals surface area (Å²) in [5, 5.41) is 16.5. The highest BCUT2D eigenvalue weighted by Crippen LogP contribution is 2.32. The summed E-state index contributed by atoms with van der Waals surface area (Å²) in [6.07, 6.45) is 3.68. The number of hydrogen-bond donors (Lipinski definition) is 1. The second-order valence-electron chi connectivity index (χ2n) is 5.55. The molecule has 2 aromatic heterocycles. The molecule has 0 amide bonds. The molecule has 0 aliphatic heterocycles. The van der Waals surface area contributed by atoms with Crippen molar-refractivity contribution >= 4 is 17.2 Å². The Labute approximate surface area is 130 Å². The van der Waals surface area contributed by atoms with Crippen molar-refractivity contribution in [2.45, 2.75) is 45.3 Å². The highest BCUT2D eigenvalue weighted by molar-refractivity contribution is 7.07. The van der Waals surface area contributed by atoms with Gasteiger partial charge in [-0.05, 0) is 60.3 Å². The van der Waals surface area contributed by atoms with E-state index in [-0.39, 0.29) is 0 Å². The average molecular weight is 302 g/mol. The van der Waals surface area contributed by atoms with Crippen molar-refractivity contribution in [1.29, 1.82) is 0 Å². The molecule has 1 aliphatic rings. The summed E-state index contributed by atoms with van der Waals surface area (Å²) in [7, 11) is 0. The van der Waals surface area contributed by atoms with E-state index in [1.807, 2.05) is 0 Å². The van der Waals surface area contributed by atoms with Gasteiger partial charge in [-0.1, -0.05) is 6.92 Å². The minimum atomic E-state index is 0.642. The minimum absolute atomic E-state index is 0.642. The number of nitrogens with one attached hydrogen (secondary N) is 1. The van der Waals surface area contributed by atoms with Gasteiger partial charge in [-0.25, -0.2) is 0 Å². The maximum Gasteiger partial charge on any atom is 0.151 e. The zero-order valence-electron chi connectivity index (χ0n) is 12.5. The third kappa shape index (κ3) is 4.02. The van der Waals surface area contributed by atoms with E-state index in [2.05, 4.69) is 56.3 Å². The largest absolute Gasteiger partial charge is 0.348 e. The lowest BCUT2D eigenvalue weighted by Gasteiger charge is -2.22. The Morgan fingerprint density at radius 1 is 1.29 bits per heavy atom. The predicted molar refractivity (Wildman–Crippen MR) is 87.6 cm³/mol. The van der Waals surface area contributed by atoms with Crippen LogP contribution in [0, 0.1) is 0 Å². The zero-order valence-corrected chi connectivity index (χ0v) is 13.3. The van der Waals surface area contributed by atoms with Crippen LogP contribution in [0.25, 0.3) is 0 Å². The van der Waals surface area contributed by atoms with Crippen LogP contribution in [0.2, 0.25) is 0 Å². The van der Waals surface area contributed by atoms with E-state index in [0.717, 1.165) is 37.6 Å². The Bertz CT molecular complexity index is 534. The van der Waals surface area contributed by atoms with Crippen molar-refractivity contribution in [1.82, 2.24) is 15.5 Å². The first-order chi connectivity index (χ1) is 10.4. The summed E-state index contributed by atoms with van der Waals surface area (Å²) < 4.78 is 0. The van der Waals surface area contributed by atoms with E-state index >= 15 is 0 Å². The van der Waals surface area contributed by atoms with Gasteiger partial charge in [0, 0.05) is 19.1 Å². The lowest BCUT2D eigenvalue weighted by molar-refractivity contribution is 0.654. The molecule has 5 heteroatoms. The van der Waals surface area contributed by atoms with Crippen LogP contribution in [0.1, 0.15) is 37.4 Å². The summed E-state index contributed by atoms with van der Waals surface area (Å²) in [4.78, 5) is 2.39. The summed E-state index contributed by atoms with van der Waals surface area (Å²) in [6.45, 7) is 4.93. The molecule has 0 unspecified atom stereocenters. The molecule has 2 heterocycles. The molecule has 0 spiro atoms. The lowest BCUT2D eigenvalue weighted by atomic mass is 10.3. The van der Waals surface area contributed by atoms with Gasteiger partial charge in [-0.3, -0.25) is 0 Å². The Hall–Kier alpha value is -1.46. The van der Waals surface area contributed by atoms with Gasteiger partial charge in [0.1, 0.15) is 0 Å². The van der Waals surface area contributed by atoms with Crippen LogP contribution >= 0.6 is 11.3 Å². The Balaban J connectivity index is 1.65. The maximum atomic E-state index is 4.44. The SMILES string of the molecule is CCCNCc1ccc(N(Cc2ccsc2)C2CC2)nn1. The van der Waals surface area contributed by atoms with Gasteiger partial charge >= 0.3 is 0 Å². The van der Waals surface area contributed by atoms with Crippen LogP contribution in [0.15, 0.2) is 29.0 Å². The number of nitrogens with zero attached hydrogens (tertiary/aromatic N) is 3. The van der Waals surface area contributed by atoms with Gasteiger partial charge in [-0.15, -0.1) is 5.10 Å². The second kappa shape index (κ2) is 7.00. The molecule has 112 valence electrons. The molecule has 2 aromatic rings. The molecular formula is C16H22N4S. The van der Waals surface area contributed by atoms with Crippen molar-refractivity contribution in [3.8, 4) is 0 Å². The van der Waals surface area contributed by atoms with E-state index in [0.29, 0.717) is 6.04 Å². The fourth-order valence-electron chi connectivity index (χ4n) is 2.36. The maximum absolute atomic E-state index is 4.44. The molecule has 1 N–H and O–H groups in total. The van der Waals surface area contributed by atoms with E-state index in [4.69, 9.17) is 0 Å². The van der Waals surface area contributed by atoms with Crippen molar-refractivity contribution in [3.63, 3.8) is 0 Å². The second-order valence-corrected chi connectivity index (χ2v) is 6.33. The molecule has 0 saturated heterocycles. The molecule has 3 rings (SSSR count). The Morgan fingerprint density at radius 2 is 2.19 bits per heavy atom. The molecule has 1 fully saturated rings. The molecule has 1 saturated carbocycles. The topological polar surface area (TPSA) is 41.0 Å². The first-order valence-corrected chi connectivity index (χ1v) is 8.62. The van der Waals surface area contributed by atoms with Gasteiger partial charge in [-0.2, -0.15) is 16.4 Å². The first kappa shape index (κ1) is 14.5. The summed E-state index contributed by atoms with van der Waals surface area (Å²) in [6, 6.07) is 7.04. The third-order valence-electron chi connectivity index (χ3n) is 3.65. The van der Waals surface area contributed by atoms with Crippen LogP contribution < -0.4 is 10.2 Å². The quantitative estimate of drug-likeness (QED) is 0.760. The molecular weight excluding hydrogens is 280 g/mol. The summed E-state index contributed by atoms with van der Waals surface area (Å²) >= 11 is 1.75. The van der Waals surface area contributed by atoms with Gasteiger partial charge in [0.05, 0.1) is 5.69 Å². The fraction of sp³-hybridized carbons (Fsp3) is 0.500. The van der Waals surface area contributed by atoms with Gasteiger partial charge in [0.15, 0.2) is 5.82 Å². The third-order valence-corrected chi connectivity index (χ3v) is 4.39. The summed E-state index contributed by atoms with van der Waals surface area (Å²) in [5.74, 6) is 1.00. The number of rotatable bonds is 8. The molecule has 1 aliphatic carbocycles. The van der Waals surface area contributed by atoms with E-state index in [1.54, 1.807) is 11.3 Å². The number of thiophene rings is 1. The van der Waals surface area contributed by atoms with Crippen LogP contribution in [-0.4, -0.2) is 22.8 Å². The van der Waals surface area contributed by atoms with Gasteiger partial charge in [0.25, 0.3) is 0 Å². The highest BCUT2D eigenvalue weighted by Gasteiger charge is 2.30. The standard InChI is InChI=1S/C16H22N4S/c1-2-8-17-10-14-3-6-16(19-18-14)20(15-4-5-15)11-13-7-9-21-12-13/h3,6-7,9,12,15,17H,2,4-5,8,10-11H2,1H3.